The quantitative estimate of drug-likeness (QED) is 0.847. The van der Waals surface area contributed by atoms with E-state index >= 15 is 0 Å². The fraction of sp³-hybridized carbons (Fsp3) is 0.588. The molecule has 1 unspecified atom stereocenters. The Kier molecular flexibility index (Phi) is 5.29. The molecular formula is C17H25NO4. The summed E-state index contributed by atoms with van der Waals surface area (Å²) in [6.07, 6.45) is 1.83. The normalized spacial score (nSPS) is 19.1. The SMILES string of the molecule is CC(C)(C)OC(=O)C1CCCN1CCOc1cccc(O)c1. The Hall–Kier alpha value is -1.75. The van der Waals surface area contributed by atoms with Crippen LogP contribution in [0.3, 0.4) is 0 Å². The van der Waals surface area contributed by atoms with Gasteiger partial charge in [0, 0.05) is 12.6 Å². The van der Waals surface area contributed by atoms with Crippen molar-refractivity contribution in [2.24, 2.45) is 0 Å². The van der Waals surface area contributed by atoms with Crippen molar-refractivity contribution in [3.05, 3.63) is 24.3 Å². The third-order valence-electron chi connectivity index (χ3n) is 3.51. The molecule has 122 valence electrons. The molecule has 1 heterocycles. The second-order valence-corrected chi connectivity index (χ2v) is 6.57. The Bertz CT molecular complexity index is 510. The molecule has 0 saturated carbocycles. The Morgan fingerprint density at radius 1 is 1.41 bits per heavy atom. The van der Waals surface area contributed by atoms with Gasteiger partial charge < -0.3 is 14.6 Å². The van der Waals surface area contributed by atoms with E-state index in [0.717, 1.165) is 19.4 Å². The molecule has 2 rings (SSSR count). The zero-order valence-corrected chi connectivity index (χ0v) is 13.5. The van der Waals surface area contributed by atoms with Crippen LogP contribution in [0.25, 0.3) is 0 Å². The number of aromatic hydroxyl groups is 1. The smallest absolute Gasteiger partial charge is 0.323 e. The molecule has 1 atom stereocenters. The molecule has 0 aromatic heterocycles. The molecule has 1 saturated heterocycles. The minimum atomic E-state index is -0.455. The zero-order valence-electron chi connectivity index (χ0n) is 13.5. The largest absolute Gasteiger partial charge is 0.508 e. The Morgan fingerprint density at radius 2 is 2.18 bits per heavy atom. The monoisotopic (exact) mass is 307 g/mol. The van der Waals surface area contributed by atoms with Gasteiger partial charge in [-0.15, -0.1) is 0 Å². The average molecular weight is 307 g/mol. The van der Waals surface area contributed by atoms with E-state index in [-0.39, 0.29) is 17.8 Å². The predicted molar refractivity (Wildman–Crippen MR) is 84.0 cm³/mol. The van der Waals surface area contributed by atoms with Crippen LogP contribution in [0.15, 0.2) is 24.3 Å². The van der Waals surface area contributed by atoms with E-state index in [2.05, 4.69) is 4.90 Å². The molecule has 5 nitrogen and oxygen atoms in total. The van der Waals surface area contributed by atoms with Crippen LogP contribution >= 0.6 is 0 Å². The summed E-state index contributed by atoms with van der Waals surface area (Å²) in [6, 6.07) is 6.55. The minimum Gasteiger partial charge on any atom is -0.508 e. The third kappa shape index (κ3) is 4.91. The zero-order chi connectivity index (χ0) is 16.2. The maximum absolute atomic E-state index is 12.2. The summed E-state index contributed by atoms with van der Waals surface area (Å²) in [5.74, 6) is 0.667. The summed E-state index contributed by atoms with van der Waals surface area (Å²) in [5.41, 5.74) is -0.455. The van der Waals surface area contributed by atoms with Crippen molar-refractivity contribution >= 4 is 5.97 Å². The molecule has 1 aromatic rings. The van der Waals surface area contributed by atoms with Gasteiger partial charge in [0.25, 0.3) is 0 Å². The lowest BCUT2D eigenvalue weighted by molar-refractivity contribution is -0.160. The van der Waals surface area contributed by atoms with Crippen molar-refractivity contribution < 1.29 is 19.4 Å². The molecule has 1 aromatic carbocycles. The van der Waals surface area contributed by atoms with E-state index in [4.69, 9.17) is 9.47 Å². The number of benzene rings is 1. The first-order valence-electron chi connectivity index (χ1n) is 7.74. The van der Waals surface area contributed by atoms with Gasteiger partial charge in [-0.25, -0.2) is 0 Å². The van der Waals surface area contributed by atoms with Crippen LogP contribution in [-0.2, 0) is 9.53 Å². The standard InChI is InChI=1S/C17H25NO4/c1-17(2,3)22-16(20)15-8-5-9-18(15)10-11-21-14-7-4-6-13(19)12-14/h4,6-7,12,15,19H,5,8-11H2,1-3H3. The van der Waals surface area contributed by atoms with Gasteiger partial charge in [0.1, 0.15) is 29.7 Å². The fourth-order valence-electron chi connectivity index (χ4n) is 2.58. The van der Waals surface area contributed by atoms with Crippen LogP contribution in [-0.4, -0.2) is 47.3 Å². The lowest BCUT2D eigenvalue weighted by atomic mass is 10.1. The van der Waals surface area contributed by atoms with E-state index in [1.54, 1.807) is 24.3 Å². The molecule has 0 spiro atoms. The van der Waals surface area contributed by atoms with Crippen molar-refractivity contribution in [2.45, 2.75) is 45.3 Å². The number of phenolic OH excluding ortho intramolecular Hbond substituents is 1. The van der Waals surface area contributed by atoms with Gasteiger partial charge >= 0.3 is 5.97 Å². The highest BCUT2D eigenvalue weighted by Gasteiger charge is 2.33. The number of nitrogens with zero attached hydrogens (tertiary/aromatic N) is 1. The number of hydrogen-bond donors (Lipinski definition) is 1. The summed E-state index contributed by atoms with van der Waals surface area (Å²) in [7, 11) is 0. The van der Waals surface area contributed by atoms with Gasteiger partial charge in [-0.2, -0.15) is 0 Å². The van der Waals surface area contributed by atoms with Gasteiger partial charge in [-0.3, -0.25) is 9.69 Å². The topological polar surface area (TPSA) is 59.0 Å². The van der Waals surface area contributed by atoms with Crippen molar-refractivity contribution in [3.8, 4) is 11.5 Å². The number of carbonyl (C=O) groups is 1. The Labute approximate surface area is 131 Å². The third-order valence-corrected chi connectivity index (χ3v) is 3.51. The first-order valence-corrected chi connectivity index (χ1v) is 7.74. The number of likely N-dealkylation sites (tertiary alicyclic amines) is 1. The van der Waals surface area contributed by atoms with Crippen LogP contribution in [0.2, 0.25) is 0 Å². The first-order chi connectivity index (χ1) is 10.3. The fourth-order valence-corrected chi connectivity index (χ4v) is 2.58. The van der Waals surface area contributed by atoms with Gasteiger partial charge in [0.05, 0.1) is 0 Å². The lowest BCUT2D eigenvalue weighted by Crippen LogP contribution is -2.42. The van der Waals surface area contributed by atoms with Crippen molar-refractivity contribution in [1.82, 2.24) is 4.90 Å². The van der Waals surface area contributed by atoms with Crippen LogP contribution in [0.4, 0.5) is 0 Å². The number of carbonyl (C=O) groups excluding carboxylic acids is 1. The Morgan fingerprint density at radius 3 is 2.86 bits per heavy atom. The molecular weight excluding hydrogens is 282 g/mol. The van der Waals surface area contributed by atoms with Gasteiger partial charge in [0.2, 0.25) is 0 Å². The highest BCUT2D eigenvalue weighted by molar-refractivity contribution is 5.76. The van der Waals surface area contributed by atoms with E-state index in [0.29, 0.717) is 18.9 Å². The van der Waals surface area contributed by atoms with E-state index in [9.17, 15) is 9.90 Å². The van der Waals surface area contributed by atoms with E-state index in [1.165, 1.54) is 0 Å². The number of ether oxygens (including phenoxy) is 2. The van der Waals surface area contributed by atoms with Crippen molar-refractivity contribution in [1.29, 1.82) is 0 Å². The molecule has 1 fully saturated rings. The molecule has 0 radical (unpaired) electrons. The molecule has 22 heavy (non-hydrogen) atoms. The van der Waals surface area contributed by atoms with Gasteiger partial charge in [-0.05, 0) is 52.3 Å². The molecule has 5 heteroatoms. The summed E-state index contributed by atoms with van der Waals surface area (Å²) in [6.45, 7) is 7.68. The second-order valence-electron chi connectivity index (χ2n) is 6.57. The molecule has 1 N–H and O–H groups in total. The highest BCUT2D eigenvalue weighted by atomic mass is 16.6. The summed E-state index contributed by atoms with van der Waals surface area (Å²) in [4.78, 5) is 14.3. The van der Waals surface area contributed by atoms with Crippen LogP contribution in [0.1, 0.15) is 33.6 Å². The maximum atomic E-state index is 12.2. The number of hydrogen-bond acceptors (Lipinski definition) is 5. The molecule has 0 bridgehead atoms. The number of phenols is 1. The highest BCUT2D eigenvalue weighted by Crippen LogP contribution is 2.21. The predicted octanol–water partition coefficient (Wildman–Crippen LogP) is 2.58. The summed E-state index contributed by atoms with van der Waals surface area (Å²) < 4.78 is 11.1. The van der Waals surface area contributed by atoms with Crippen molar-refractivity contribution in [2.75, 3.05) is 19.7 Å². The molecule has 0 aliphatic carbocycles. The number of esters is 1. The van der Waals surface area contributed by atoms with Crippen molar-refractivity contribution in [3.63, 3.8) is 0 Å². The van der Waals surface area contributed by atoms with Crippen LogP contribution in [0, 0.1) is 0 Å². The van der Waals surface area contributed by atoms with E-state index < -0.39 is 5.60 Å². The summed E-state index contributed by atoms with van der Waals surface area (Å²) >= 11 is 0. The van der Waals surface area contributed by atoms with Crippen LogP contribution in [0.5, 0.6) is 11.5 Å². The average Bonchev–Trinajstić information content (AvgIpc) is 2.85. The molecule has 1 aliphatic rings. The van der Waals surface area contributed by atoms with E-state index in [1.807, 2.05) is 20.8 Å². The second kappa shape index (κ2) is 7.01. The molecule has 1 aliphatic heterocycles. The number of rotatable bonds is 5. The maximum Gasteiger partial charge on any atom is 0.323 e. The Balaban J connectivity index is 1.82. The first kappa shape index (κ1) is 16.6. The minimum absolute atomic E-state index is 0.151. The summed E-state index contributed by atoms with van der Waals surface area (Å²) in [5, 5.41) is 9.40. The van der Waals surface area contributed by atoms with Gasteiger partial charge in [0.15, 0.2) is 0 Å². The van der Waals surface area contributed by atoms with Crippen LogP contribution < -0.4 is 4.74 Å². The molecule has 0 amide bonds. The van der Waals surface area contributed by atoms with Gasteiger partial charge in [-0.1, -0.05) is 6.07 Å². The lowest BCUT2D eigenvalue weighted by Gasteiger charge is -2.27.